The average Bonchev–Trinajstić information content (AvgIpc) is 2.17. The van der Waals surface area contributed by atoms with Crippen LogP contribution in [0.3, 0.4) is 0 Å². The monoisotopic (exact) mass is 247 g/mol. The van der Waals surface area contributed by atoms with E-state index in [0.29, 0.717) is 0 Å². The number of aromatic nitrogens is 2. The van der Waals surface area contributed by atoms with Gasteiger partial charge in [-0.05, 0) is 11.6 Å². The van der Waals surface area contributed by atoms with Crippen molar-refractivity contribution in [2.45, 2.75) is 18.6 Å². The quantitative estimate of drug-likeness (QED) is 0.617. The normalized spacial score (nSPS) is 14.3. The van der Waals surface area contributed by atoms with Crippen molar-refractivity contribution in [1.29, 1.82) is 5.26 Å². The molecule has 2 atom stereocenters. The molecule has 7 heteroatoms. The van der Waals surface area contributed by atoms with Crippen LogP contribution < -0.4 is 0 Å². The van der Waals surface area contributed by atoms with Gasteiger partial charge in [-0.15, -0.1) is 0 Å². The van der Waals surface area contributed by atoms with Gasteiger partial charge in [0.15, 0.2) is 0 Å². The van der Waals surface area contributed by atoms with Gasteiger partial charge >= 0.3 is 0 Å². The Kier molecular flexibility index (Phi) is 4.24. The van der Waals surface area contributed by atoms with Crippen LogP contribution >= 0.6 is 23.2 Å². The van der Waals surface area contributed by atoms with Crippen LogP contribution in [0.5, 0.6) is 0 Å². The molecule has 1 aromatic heterocycles. The molecule has 0 aliphatic heterocycles. The van der Waals surface area contributed by atoms with Gasteiger partial charge in [0.1, 0.15) is 11.3 Å². The molecule has 0 aliphatic rings. The van der Waals surface area contributed by atoms with E-state index in [-0.39, 0.29) is 22.4 Å². The molecule has 5 nitrogen and oxygen atoms in total. The molecule has 0 saturated heterocycles. The summed E-state index contributed by atoms with van der Waals surface area (Å²) in [6.07, 6.45) is -1.52. The van der Waals surface area contributed by atoms with E-state index >= 15 is 0 Å². The van der Waals surface area contributed by atoms with Gasteiger partial charge in [-0.1, -0.05) is 11.6 Å². The van der Waals surface area contributed by atoms with Gasteiger partial charge in [-0.2, -0.15) is 5.26 Å². The number of nitriles is 1. The fourth-order valence-corrected chi connectivity index (χ4v) is 1.38. The Morgan fingerprint density at radius 2 is 2.13 bits per heavy atom. The van der Waals surface area contributed by atoms with Crippen LogP contribution in [-0.4, -0.2) is 26.3 Å². The summed E-state index contributed by atoms with van der Waals surface area (Å²) in [4.78, 5) is 7.22. The third-order valence-corrected chi connectivity index (χ3v) is 2.21. The lowest BCUT2D eigenvalue weighted by Crippen LogP contribution is -2.18. The van der Waals surface area contributed by atoms with Crippen LogP contribution in [0.4, 0.5) is 0 Å². The third-order valence-electron chi connectivity index (χ3n) is 1.72. The lowest BCUT2D eigenvalue weighted by molar-refractivity contribution is 0.0213. The first-order valence-electron chi connectivity index (χ1n) is 3.97. The molecule has 0 bridgehead atoms. The minimum absolute atomic E-state index is 0.0421. The Balaban J connectivity index is 2.91. The van der Waals surface area contributed by atoms with Crippen molar-refractivity contribution in [2.75, 3.05) is 0 Å². The minimum atomic E-state index is -1.30. The van der Waals surface area contributed by atoms with Gasteiger partial charge in [0, 0.05) is 11.8 Å². The maximum atomic E-state index is 9.58. The Hall–Kier alpha value is -0.930. The van der Waals surface area contributed by atoms with Gasteiger partial charge in [0.2, 0.25) is 5.28 Å². The summed E-state index contributed by atoms with van der Waals surface area (Å²) < 4.78 is 0. The summed E-state index contributed by atoms with van der Waals surface area (Å²) in [7, 11) is 0. The van der Waals surface area contributed by atoms with E-state index in [9.17, 15) is 10.2 Å². The second kappa shape index (κ2) is 5.24. The van der Waals surface area contributed by atoms with E-state index in [1.54, 1.807) is 6.07 Å². The van der Waals surface area contributed by atoms with Crippen LogP contribution in [-0.2, 0) is 0 Å². The fourth-order valence-electron chi connectivity index (χ4n) is 0.961. The summed E-state index contributed by atoms with van der Waals surface area (Å²) in [5, 5.41) is 27.2. The molecule has 1 heterocycles. The smallest absolute Gasteiger partial charge is 0.223 e. The first kappa shape index (κ1) is 12.1. The van der Waals surface area contributed by atoms with Crippen molar-refractivity contribution in [3.63, 3.8) is 0 Å². The van der Waals surface area contributed by atoms with Crippen LogP contribution in [0.2, 0.25) is 10.4 Å². The lowest BCUT2D eigenvalue weighted by atomic mass is 10.1. The number of hydrogen-bond donors (Lipinski definition) is 2. The maximum absolute atomic E-state index is 9.58. The molecule has 0 saturated carbocycles. The largest absolute Gasteiger partial charge is 0.389 e. The molecular weight excluding hydrogens is 241 g/mol. The number of hydrogen-bond acceptors (Lipinski definition) is 5. The summed E-state index contributed by atoms with van der Waals surface area (Å²) in [5.41, 5.74) is 0.142. The zero-order valence-corrected chi connectivity index (χ0v) is 8.94. The minimum Gasteiger partial charge on any atom is -0.389 e. The Morgan fingerprint density at radius 1 is 1.47 bits per heavy atom. The first-order valence-corrected chi connectivity index (χ1v) is 4.73. The van der Waals surface area contributed by atoms with Crippen molar-refractivity contribution >= 4 is 23.2 Å². The number of nitrogens with zero attached hydrogens (tertiary/aromatic N) is 3. The van der Waals surface area contributed by atoms with E-state index in [1.807, 2.05) is 0 Å². The first-order chi connectivity index (χ1) is 7.06. The molecule has 1 aromatic rings. The highest BCUT2D eigenvalue weighted by atomic mass is 35.5. The van der Waals surface area contributed by atoms with Gasteiger partial charge in [0.25, 0.3) is 0 Å². The molecule has 0 spiro atoms. The van der Waals surface area contributed by atoms with E-state index in [2.05, 4.69) is 9.97 Å². The topological polar surface area (TPSA) is 90.0 Å². The van der Waals surface area contributed by atoms with Crippen LogP contribution in [0.15, 0.2) is 6.20 Å². The predicted molar refractivity (Wildman–Crippen MR) is 53.2 cm³/mol. The third kappa shape index (κ3) is 3.01. The molecule has 0 radical (unpaired) electrons. The van der Waals surface area contributed by atoms with E-state index in [4.69, 9.17) is 28.5 Å². The average molecular weight is 248 g/mol. The maximum Gasteiger partial charge on any atom is 0.223 e. The molecule has 80 valence electrons. The highest BCUT2D eigenvalue weighted by Crippen LogP contribution is 2.24. The lowest BCUT2D eigenvalue weighted by Gasteiger charge is -2.15. The molecule has 0 aliphatic carbocycles. The summed E-state index contributed by atoms with van der Waals surface area (Å²) >= 11 is 11.1. The highest BCUT2D eigenvalue weighted by Gasteiger charge is 2.21. The van der Waals surface area contributed by atoms with Crippen molar-refractivity contribution in [1.82, 2.24) is 9.97 Å². The molecular formula is C8H7Cl2N3O2. The van der Waals surface area contributed by atoms with E-state index in [0.717, 1.165) is 0 Å². The summed E-state index contributed by atoms with van der Waals surface area (Å²) in [6, 6.07) is 1.73. The Labute approximate surface area is 95.9 Å². The Bertz CT molecular complexity index is 394. The zero-order valence-electron chi connectivity index (χ0n) is 7.43. The van der Waals surface area contributed by atoms with E-state index in [1.165, 1.54) is 6.20 Å². The molecule has 0 amide bonds. The molecule has 0 aromatic carbocycles. The Morgan fingerprint density at radius 3 is 2.67 bits per heavy atom. The van der Waals surface area contributed by atoms with Crippen LogP contribution in [0.1, 0.15) is 18.1 Å². The standard InChI is InChI=1S/C8H7Cl2N3O2/c9-7-4(3-12-8(10)13-7)6(15)5(14)1-2-11/h3,5-6,14-15H,1H2. The van der Waals surface area contributed by atoms with Crippen LogP contribution in [0.25, 0.3) is 0 Å². The predicted octanol–water partition coefficient (Wildman–Crippen LogP) is 1.09. The number of halogens is 2. The van der Waals surface area contributed by atoms with Crippen molar-refractivity contribution in [3.8, 4) is 6.07 Å². The van der Waals surface area contributed by atoms with Gasteiger partial charge < -0.3 is 10.2 Å². The SMILES string of the molecule is N#CCC(O)C(O)c1cnc(Cl)nc1Cl. The molecule has 15 heavy (non-hydrogen) atoms. The molecule has 1 rings (SSSR count). The van der Waals surface area contributed by atoms with Gasteiger partial charge in [-0.3, -0.25) is 0 Å². The number of aliphatic hydroxyl groups excluding tert-OH is 2. The molecule has 2 unspecified atom stereocenters. The van der Waals surface area contributed by atoms with Crippen molar-refractivity contribution in [3.05, 3.63) is 22.2 Å². The highest BCUT2D eigenvalue weighted by molar-refractivity contribution is 6.32. The van der Waals surface area contributed by atoms with Gasteiger partial charge in [0.05, 0.1) is 18.6 Å². The van der Waals surface area contributed by atoms with Crippen molar-refractivity contribution < 1.29 is 10.2 Å². The fraction of sp³-hybridized carbons (Fsp3) is 0.375. The number of rotatable bonds is 3. The molecule has 2 N–H and O–H groups in total. The van der Waals surface area contributed by atoms with E-state index < -0.39 is 12.2 Å². The number of aliphatic hydroxyl groups is 2. The van der Waals surface area contributed by atoms with Crippen LogP contribution in [0, 0.1) is 11.3 Å². The van der Waals surface area contributed by atoms with Gasteiger partial charge in [-0.25, -0.2) is 9.97 Å². The molecule has 0 fully saturated rings. The van der Waals surface area contributed by atoms with Crippen molar-refractivity contribution in [2.24, 2.45) is 0 Å². The zero-order chi connectivity index (χ0) is 11.4. The summed E-state index contributed by atoms with van der Waals surface area (Å²) in [6.45, 7) is 0. The second-order valence-corrected chi connectivity index (χ2v) is 3.46. The summed E-state index contributed by atoms with van der Waals surface area (Å²) in [5.74, 6) is 0. The second-order valence-electron chi connectivity index (χ2n) is 2.76.